The summed E-state index contributed by atoms with van der Waals surface area (Å²) in [5.74, 6) is 0.135. The Bertz CT molecular complexity index is 755. The summed E-state index contributed by atoms with van der Waals surface area (Å²) in [6.07, 6.45) is 1.31. The summed E-state index contributed by atoms with van der Waals surface area (Å²) < 4.78 is 29.0. The molecule has 7 nitrogen and oxygen atoms in total. The molecule has 0 atom stereocenters. The van der Waals surface area contributed by atoms with E-state index in [0.29, 0.717) is 25.5 Å². The Morgan fingerprint density at radius 3 is 2.70 bits per heavy atom. The normalized spacial score (nSPS) is 15.5. The lowest BCUT2D eigenvalue weighted by molar-refractivity contribution is -0.00924. The average molecular weight is 377 g/mol. The Morgan fingerprint density at radius 1 is 1.30 bits per heavy atom. The number of carbonyl (C=O) groups is 1. The smallest absolute Gasteiger partial charge is 0.273 e. The third-order valence-electron chi connectivity index (χ3n) is 4.51. The molecule has 1 N–H and O–H groups in total. The van der Waals surface area contributed by atoms with Crippen LogP contribution in [0.2, 0.25) is 0 Å². The molecule has 1 aromatic carbocycles. The van der Waals surface area contributed by atoms with E-state index >= 15 is 0 Å². The highest BCUT2D eigenvalue weighted by Crippen LogP contribution is 2.16. The van der Waals surface area contributed by atoms with E-state index in [1.54, 1.807) is 0 Å². The van der Waals surface area contributed by atoms with Gasteiger partial charge in [-0.2, -0.15) is 0 Å². The van der Waals surface area contributed by atoms with E-state index in [2.05, 4.69) is 29.0 Å². The summed E-state index contributed by atoms with van der Waals surface area (Å²) in [5, 5.41) is 2.90. The maximum absolute atomic E-state index is 12.9. The monoisotopic (exact) mass is 377 g/mol. The second-order valence-corrected chi connectivity index (χ2v) is 6.96. The zero-order valence-electron chi connectivity index (χ0n) is 15.5. The van der Waals surface area contributed by atoms with Gasteiger partial charge in [-0.15, -0.1) is 0 Å². The number of ether oxygens (including phenoxy) is 2. The van der Waals surface area contributed by atoms with Crippen LogP contribution < -0.4 is 10.1 Å². The van der Waals surface area contributed by atoms with Gasteiger partial charge in [0.1, 0.15) is 17.8 Å². The number of rotatable bonds is 7. The molecular weight excluding hydrogens is 353 g/mol. The van der Waals surface area contributed by atoms with Gasteiger partial charge < -0.3 is 19.2 Å². The van der Waals surface area contributed by atoms with Crippen LogP contribution in [0, 0.1) is 5.82 Å². The molecule has 8 heteroatoms. The van der Waals surface area contributed by atoms with Gasteiger partial charge in [-0.1, -0.05) is 0 Å². The fourth-order valence-electron chi connectivity index (χ4n) is 2.82. The van der Waals surface area contributed by atoms with E-state index in [0.717, 1.165) is 13.1 Å². The van der Waals surface area contributed by atoms with Crippen molar-refractivity contribution in [3.05, 3.63) is 47.9 Å². The summed E-state index contributed by atoms with van der Waals surface area (Å²) >= 11 is 0. The molecule has 1 saturated heterocycles. The number of nitrogens with zero attached hydrogens (tertiary/aromatic N) is 2. The largest absolute Gasteiger partial charge is 0.484 e. The number of nitrogens with one attached hydrogen (secondary N) is 1. The van der Waals surface area contributed by atoms with Crippen LogP contribution in [-0.2, 0) is 11.3 Å². The fraction of sp³-hybridized carbons (Fsp3) is 0.474. The predicted molar refractivity (Wildman–Crippen MR) is 96.0 cm³/mol. The van der Waals surface area contributed by atoms with Crippen molar-refractivity contribution in [1.82, 2.24) is 15.2 Å². The highest BCUT2D eigenvalue weighted by atomic mass is 19.1. The van der Waals surface area contributed by atoms with Crippen molar-refractivity contribution in [1.29, 1.82) is 0 Å². The first-order valence-corrected chi connectivity index (χ1v) is 8.88. The maximum atomic E-state index is 12.9. The zero-order valence-corrected chi connectivity index (χ0v) is 15.5. The topological polar surface area (TPSA) is 76.8 Å². The molecule has 1 fully saturated rings. The zero-order chi connectivity index (χ0) is 19.3. The van der Waals surface area contributed by atoms with E-state index in [4.69, 9.17) is 13.9 Å². The third kappa shape index (κ3) is 5.27. The second-order valence-electron chi connectivity index (χ2n) is 6.96. The Kier molecular flexibility index (Phi) is 6.08. The second kappa shape index (κ2) is 8.49. The van der Waals surface area contributed by atoms with E-state index in [1.165, 1.54) is 30.5 Å². The molecule has 0 aliphatic carbocycles. The van der Waals surface area contributed by atoms with Crippen molar-refractivity contribution >= 4 is 5.91 Å². The van der Waals surface area contributed by atoms with Crippen molar-refractivity contribution < 1.29 is 23.1 Å². The molecule has 3 rings (SSSR count). The summed E-state index contributed by atoms with van der Waals surface area (Å²) in [7, 11) is 0. The summed E-state index contributed by atoms with van der Waals surface area (Å²) in [4.78, 5) is 18.8. The first kappa shape index (κ1) is 19.3. The maximum Gasteiger partial charge on any atom is 0.273 e. The highest BCUT2D eigenvalue weighted by molar-refractivity contribution is 5.91. The van der Waals surface area contributed by atoms with Crippen LogP contribution in [-0.4, -0.2) is 54.2 Å². The lowest BCUT2D eigenvalue weighted by Gasteiger charge is -2.40. The van der Waals surface area contributed by atoms with Crippen molar-refractivity contribution in [3.8, 4) is 5.75 Å². The van der Waals surface area contributed by atoms with Crippen molar-refractivity contribution in [2.45, 2.75) is 26.0 Å². The molecule has 1 aromatic heterocycles. The Morgan fingerprint density at radius 2 is 2.00 bits per heavy atom. The minimum Gasteiger partial charge on any atom is -0.484 e. The van der Waals surface area contributed by atoms with Crippen LogP contribution in [0.1, 0.15) is 30.2 Å². The van der Waals surface area contributed by atoms with Crippen LogP contribution in [0.25, 0.3) is 0 Å². The third-order valence-corrected chi connectivity index (χ3v) is 4.51. The van der Waals surface area contributed by atoms with Crippen LogP contribution in [0.15, 0.2) is 34.9 Å². The lowest BCUT2D eigenvalue weighted by Crippen LogP contribution is -2.55. The lowest BCUT2D eigenvalue weighted by atomic mass is 10.0. The van der Waals surface area contributed by atoms with Gasteiger partial charge in [0.05, 0.1) is 13.2 Å². The average Bonchev–Trinajstić information content (AvgIpc) is 3.16. The number of benzene rings is 1. The summed E-state index contributed by atoms with van der Waals surface area (Å²) in [6, 6.07) is 5.64. The molecule has 0 bridgehead atoms. The van der Waals surface area contributed by atoms with Crippen molar-refractivity contribution in [2.24, 2.45) is 0 Å². The first-order valence-electron chi connectivity index (χ1n) is 8.88. The minimum absolute atomic E-state index is 0.0538. The first-order chi connectivity index (χ1) is 12.9. The van der Waals surface area contributed by atoms with Gasteiger partial charge >= 0.3 is 0 Å². The highest BCUT2D eigenvalue weighted by Gasteiger charge is 2.29. The Hall–Kier alpha value is -2.45. The van der Waals surface area contributed by atoms with Crippen LogP contribution in [0.3, 0.4) is 0 Å². The molecule has 2 aromatic rings. The number of oxazole rings is 1. The number of hydrogen-bond donors (Lipinski definition) is 1. The number of halogens is 1. The van der Waals surface area contributed by atoms with Gasteiger partial charge in [0.15, 0.2) is 12.3 Å². The number of amides is 1. The number of aromatic nitrogens is 1. The van der Waals surface area contributed by atoms with E-state index in [1.807, 2.05) is 0 Å². The Balaban J connectivity index is 1.49. The molecule has 0 radical (unpaired) electrons. The molecule has 146 valence electrons. The van der Waals surface area contributed by atoms with Crippen molar-refractivity contribution in [3.63, 3.8) is 0 Å². The van der Waals surface area contributed by atoms with Gasteiger partial charge in [-0.05, 0) is 38.1 Å². The van der Waals surface area contributed by atoms with Gasteiger partial charge in [-0.25, -0.2) is 9.37 Å². The van der Waals surface area contributed by atoms with E-state index in [-0.39, 0.29) is 35.5 Å². The molecule has 0 spiro atoms. The summed E-state index contributed by atoms with van der Waals surface area (Å²) in [6.45, 7) is 7.82. The quantitative estimate of drug-likeness (QED) is 0.797. The molecule has 1 aliphatic heterocycles. The van der Waals surface area contributed by atoms with E-state index < -0.39 is 0 Å². The molecule has 27 heavy (non-hydrogen) atoms. The molecule has 2 heterocycles. The molecule has 1 amide bonds. The Labute approximate surface area is 157 Å². The van der Waals surface area contributed by atoms with Gasteiger partial charge in [-0.3, -0.25) is 9.69 Å². The molecule has 0 unspecified atom stereocenters. The van der Waals surface area contributed by atoms with Crippen LogP contribution in [0.5, 0.6) is 5.75 Å². The number of morpholine rings is 1. The van der Waals surface area contributed by atoms with Gasteiger partial charge in [0.25, 0.3) is 5.91 Å². The van der Waals surface area contributed by atoms with Crippen LogP contribution >= 0.6 is 0 Å². The molecule has 1 aliphatic rings. The number of hydrogen-bond acceptors (Lipinski definition) is 6. The molecule has 0 saturated carbocycles. The van der Waals surface area contributed by atoms with Gasteiger partial charge in [0, 0.05) is 25.2 Å². The SMILES string of the molecule is CC(C)(CNC(=O)c1coc(COc2ccc(F)cc2)n1)N1CCOCC1. The van der Waals surface area contributed by atoms with Gasteiger partial charge in [0.2, 0.25) is 5.89 Å². The molecular formula is C19H24FN3O4. The van der Waals surface area contributed by atoms with E-state index in [9.17, 15) is 9.18 Å². The van der Waals surface area contributed by atoms with Crippen LogP contribution in [0.4, 0.5) is 4.39 Å². The number of carbonyl (C=O) groups excluding carboxylic acids is 1. The predicted octanol–water partition coefficient (Wildman–Crippen LogP) is 2.23. The fourth-order valence-corrected chi connectivity index (χ4v) is 2.82. The standard InChI is InChI=1S/C19H24FN3O4/c1-19(2,23-7-9-25-10-8-23)13-21-18(24)16-11-27-17(22-16)12-26-15-5-3-14(20)4-6-15/h3-6,11H,7-10,12-13H2,1-2H3,(H,21,24). The summed E-state index contributed by atoms with van der Waals surface area (Å²) in [5.41, 5.74) is 0.0167. The van der Waals surface area contributed by atoms with Crippen molar-refractivity contribution in [2.75, 3.05) is 32.8 Å². The minimum atomic E-state index is -0.336.